The van der Waals surface area contributed by atoms with E-state index in [4.69, 9.17) is 0 Å². The molecule has 1 heterocycles. The van der Waals surface area contributed by atoms with Crippen molar-refractivity contribution in [3.05, 3.63) is 30.1 Å². The van der Waals surface area contributed by atoms with Crippen LogP contribution in [0.3, 0.4) is 0 Å². The van der Waals surface area contributed by atoms with Crippen LogP contribution in [0.2, 0.25) is 0 Å². The highest BCUT2D eigenvalue weighted by atomic mass is 127. The number of piperazine rings is 1. The average molecular weight is 503 g/mol. The minimum absolute atomic E-state index is 0. The van der Waals surface area contributed by atoms with Gasteiger partial charge in [0.1, 0.15) is 5.82 Å². The normalized spacial score (nSPS) is 21.8. The molecule has 1 aromatic carbocycles. The summed E-state index contributed by atoms with van der Waals surface area (Å²) in [4.78, 5) is 21.1. The molecule has 1 saturated heterocycles. The number of hydrogen-bond acceptors (Lipinski definition) is 3. The summed E-state index contributed by atoms with van der Waals surface area (Å²) in [6.45, 7) is 8.49. The smallest absolute Gasteiger partial charge is 0.224 e. The number of nitrogens with one attached hydrogen (secondary N) is 2. The SMILES string of the molecule is CCNC(=NCCC(=O)N1CCN(c2ccc(F)cc2)CC1)NC1CC1C.I. The first-order chi connectivity index (χ1) is 13.1. The number of guanidine groups is 1. The fraction of sp³-hybridized carbons (Fsp3) is 0.600. The van der Waals surface area contributed by atoms with E-state index in [1.54, 1.807) is 12.1 Å². The molecule has 8 heteroatoms. The van der Waals surface area contributed by atoms with E-state index in [0.717, 1.165) is 31.3 Å². The van der Waals surface area contributed by atoms with Crippen LogP contribution in [-0.2, 0) is 4.79 Å². The summed E-state index contributed by atoms with van der Waals surface area (Å²) in [5, 5.41) is 6.64. The molecule has 0 aromatic heterocycles. The van der Waals surface area contributed by atoms with Crippen LogP contribution in [0.1, 0.15) is 26.7 Å². The van der Waals surface area contributed by atoms with Gasteiger partial charge in [-0.1, -0.05) is 6.92 Å². The first-order valence-corrected chi connectivity index (χ1v) is 9.90. The molecule has 1 aliphatic heterocycles. The summed E-state index contributed by atoms with van der Waals surface area (Å²) >= 11 is 0. The number of hydrogen-bond donors (Lipinski definition) is 2. The molecule has 2 fully saturated rings. The molecule has 1 amide bonds. The van der Waals surface area contributed by atoms with E-state index >= 15 is 0 Å². The van der Waals surface area contributed by atoms with Crippen LogP contribution in [0.25, 0.3) is 0 Å². The maximum atomic E-state index is 13.0. The molecule has 0 bridgehead atoms. The Labute approximate surface area is 184 Å². The number of halogens is 2. The number of anilines is 1. The molecule has 2 aliphatic rings. The topological polar surface area (TPSA) is 60.0 Å². The van der Waals surface area contributed by atoms with Gasteiger partial charge in [-0.15, -0.1) is 24.0 Å². The Hall–Kier alpha value is -1.58. The molecular formula is C20H31FIN5O. The number of carbonyl (C=O) groups excluding carboxylic acids is 1. The van der Waals surface area contributed by atoms with Gasteiger partial charge in [0.15, 0.2) is 5.96 Å². The summed E-state index contributed by atoms with van der Waals surface area (Å²) in [5.41, 5.74) is 1.00. The number of rotatable bonds is 6. The maximum Gasteiger partial charge on any atom is 0.224 e. The lowest BCUT2D eigenvalue weighted by molar-refractivity contribution is -0.131. The van der Waals surface area contributed by atoms with E-state index in [0.29, 0.717) is 38.0 Å². The predicted molar refractivity (Wildman–Crippen MR) is 122 cm³/mol. The van der Waals surface area contributed by atoms with Gasteiger partial charge < -0.3 is 20.4 Å². The standard InChI is InChI=1S/C20H30FN5O.HI/c1-3-22-20(24-18-14-15(18)2)23-9-8-19(27)26-12-10-25(11-13-26)17-6-4-16(21)5-7-17;/h4-7,15,18H,3,8-14H2,1-2H3,(H2,22,23,24);1H. The molecule has 3 rings (SSSR count). The molecule has 0 spiro atoms. The van der Waals surface area contributed by atoms with Gasteiger partial charge in [0.05, 0.1) is 6.54 Å². The third kappa shape index (κ3) is 6.49. The van der Waals surface area contributed by atoms with Crippen molar-refractivity contribution in [2.75, 3.05) is 44.2 Å². The number of aliphatic imine (C=N–C) groups is 1. The van der Waals surface area contributed by atoms with Crippen molar-refractivity contribution in [2.45, 2.75) is 32.7 Å². The van der Waals surface area contributed by atoms with Gasteiger partial charge in [0, 0.05) is 50.9 Å². The van der Waals surface area contributed by atoms with Crippen molar-refractivity contribution >= 4 is 41.5 Å². The maximum absolute atomic E-state index is 13.0. The Morgan fingerprint density at radius 3 is 2.43 bits per heavy atom. The Morgan fingerprint density at radius 2 is 1.86 bits per heavy atom. The molecule has 2 N–H and O–H groups in total. The predicted octanol–water partition coefficient (Wildman–Crippen LogP) is 2.45. The fourth-order valence-corrected chi connectivity index (χ4v) is 3.31. The van der Waals surface area contributed by atoms with E-state index in [-0.39, 0.29) is 35.7 Å². The number of nitrogens with zero attached hydrogens (tertiary/aromatic N) is 3. The second-order valence-electron chi connectivity index (χ2n) is 7.32. The fourth-order valence-electron chi connectivity index (χ4n) is 3.31. The first-order valence-electron chi connectivity index (χ1n) is 9.90. The summed E-state index contributed by atoms with van der Waals surface area (Å²) < 4.78 is 13.0. The molecule has 0 radical (unpaired) electrons. The monoisotopic (exact) mass is 503 g/mol. The van der Waals surface area contributed by atoms with E-state index in [1.165, 1.54) is 18.6 Å². The second kappa shape index (κ2) is 10.8. The Morgan fingerprint density at radius 1 is 1.21 bits per heavy atom. The third-order valence-electron chi connectivity index (χ3n) is 5.20. The van der Waals surface area contributed by atoms with Crippen LogP contribution in [0.5, 0.6) is 0 Å². The molecule has 2 unspecified atom stereocenters. The van der Waals surface area contributed by atoms with Crippen LogP contribution in [0, 0.1) is 11.7 Å². The van der Waals surface area contributed by atoms with Crippen molar-refractivity contribution < 1.29 is 9.18 Å². The van der Waals surface area contributed by atoms with Crippen LogP contribution in [0.4, 0.5) is 10.1 Å². The van der Waals surface area contributed by atoms with Gasteiger partial charge in [0.2, 0.25) is 5.91 Å². The molecule has 2 atom stereocenters. The molecule has 156 valence electrons. The summed E-state index contributed by atoms with van der Waals surface area (Å²) in [6.07, 6.45) is 1.61. The lowest BCUT2D eigenvalue weighted by atomic mass is 10.2. The summed E-state index contributed by atoms with van der Waals surface area (Å²) in [5.74, 6) is 1.43. The second-order valence-corrected chi connectivity index (χ2v) is 7.32. The zero-order chi connectivity index (χ0) is 19.2. The quantitative estimate of drug-likeness (QED) is 0.356. The number of benzene rings is 1. The van der Waals surface area contributed by atoms with E-state index in [2.05, 4.69) is 27.4 Å². The number of carbonyl (C=O) groups is 1. The highest BCUT2D eigenvalue weighted by molar-refractivity contribution is 14.0. The highest BCUT2D eigenvalue weighted by Gasteiger charge is 2.33. The van der Waals surface area contributed by atoms with Crippen LogP contribution < -0.4 is 15.5 Å². The summed E-state index contributed by atoms with van der Waals surface area (Å²) in [6, 6.07) is 7.04. The van der Waals surface area contributed by atoms with Crippen LogP contribution >= 0.6 is 24.0 Å². The Balaban J connectivity index is 0.00000280. The molecule has 1 saturated carbocycles. The molecule has 1 aliphatic carbocycles. The highest BCUT2D eigenvalue weighted by Crippen LogP contribution is 2.28. The first kappa shape index (κ1) is 22.7. The van der Waals surface area contributed by atoms with E-state index < -0.39 is 0 Å². The van der Waals surface area contributed by atoms with Crippen molar-refractivity contribution in [1.29, 1.82) is 0 Å². The van der Waals surface area contributed by atoms with Crippen LogP contribution in [-0.4, -0.2) is 62.1 Å². The Bertz CT molecular complexity index is 661. The van der Waals surface area contributed by atoms with Gasteiger partial charge >= 0.3 is 0 Å². The lowest BCUT2D eigenvalue weighted by Gasteiger charge is -2.36. The largest absolute Gasteiger partial charge is 0.368 e. The van der Waals surface area contributed by atoms with Crippen molar-refractivity contribution in [1.82, 2.24) is 15.5 Å². The van der Waals surface area contributed by atoms with Crippen molar-refractivity contribution in [3.63, 3.8) is 0 Å². The minimum Gasteiger partial charge on any atom is -0.368 e. The molecule has 28 heavy (non-hydrogen) atoms. The molecule has 6 nitrogen and oxygen atoms in total. The lowest BCUT2D eigenvalue weighted by Crippen LogP contribution is -2.49. The van der Waals surface area contributed by atoms with Gasteiger partial charge in [0.25, 0.3) is 0 Å². The molecule has 1 aromatic rings. The third-order valence-corrected chi connectivity index (χ3v) is 5.20. The van der Waals surface area contributed by atoms with Gasteiger partial charge in [-0.05, 0) is 43.5 Å². The zero-order valence-corrected chi connectivity index (χ0v) is 19.0. The van der Waals surface area contributed by atoms with Gasteiger partial charge in [-0.25, -0.2) is 4.39 Å². The van der Waals surface area contributed by atoms with E-state index in [1.807, 2.05) is 11.8 Å². The van der Waals surface area contributed by atoms with Gasteiger partial charge in [-0.2, -0.15) is 0 Å². The van der Waals surface area contributed by atoms with Crippen LogP contribution in [0.15, 0.2) is 29.3 Å². The average Bonchev–Trinajstić information content (AvgIpc) is 3.37. The Kier molecular flexibility index (Phi) is 8.78. The molecular weight excluding hydrogens is 472 g/mol. The van der Waals surface area contributed by atoms with E-state index in [9.17, 15) is 9.18 Å². The summed E-state index contributed by atoms with van der Waals surface area (Å²) in [7, 11) is 0. The zero-order valence-electron chi connectivity index (χ0n) is 16.7. The minimum atomic E-state index is -0.226. The van der Waals surface area contributed by atoms with Gasteiger partial charge in [-0.3, -0.25) is 9.79 Å². The number of amides is 1. The van der Waals surface area contributed by atoms with Crippen molar-refractivity contribution in [3.8, 4) is 0 Å². The van der Waals surface area contributed by atoms with Crippen molar-refractivity contribution in [2.24, 2.45) is 10.9 Å².